The molecule has 0 bridgehead atoms. The number of aromatic nitrogens is 5. The van der Waals surface area contributed by atoms with Crippen LogP contribution in [0, 0.1) is 0 Å². The molecular weight excluding hydrogens is 482 g/mol. The van der Waals surface area contributed by atoms with Gasteiger partial charge in [0.15, 0.2) is 5.82 Å². The first-order valence-electron chi connectivity index (χ1n) is 14.3. The van der Waals surface area contributed by atoms with Crippen molar-refractivity contribution >= 4 is 10.9 Å². The van der Waals surface area contributed by atoms with Gasteiger partial charge in [-0.15, -0.1) is 5.10 Å². The number of piperazine rings is 1. The maximum atomic E-state index is 13.6. The zero-order chi connectivity index (χ0) is 25.9. The van der Waals surface area contributed by atoms with E-state index in [4.69, 9.17) is 9.47 Å². The SMILES string of the molecule is CCOc1ccc2[nH]c(=O)c(C(c3nnnn3CC3CCCO3)N3CCN(C4CCCCC4)CC3)cc2c1. The molecule has 2 aromatic heterocycles. The highest BCUT2D eigenvalue weighted by Crippen LogP contribution is 2.31. The fraction of sp³-hybridized carbons (Fsp3) is 0.643. The molecule has 4 heterocycles. The van der Waals surface area contributed by atoms with Gasteiger partial charge in [0.05, 0.1) is 19.3 Å². The van der Waals surface area contributed by atoms with E-state index in [9.17, 15) is 4.79 Å². The molecule has 204 valence electrons. The number of aromatic amines is 1. The van der Waals surface area contributed by atoms with Crippen LogP contribution in [-0.4, -0.2) is 86.5 Å². The Bertz CT molecular complexity index is 1270. The highest BCUT2D eigenvalue weighted by atomic mass is 16.5. The summed E-state index contributed by atoms with van der Waals surface area (Å²) in [5.74, 6) is 1.50. The molecule has 1 N–H and O–H groups in total. The second-order valence-corrected chi connectivity index (χ2v) is 10.9. The van der Waals surface area contributed by atoms with Gasteiger partial charge in [0.1, 0.15) is 11.8 Å². The molecule has 2 saturated heterocycles. The van der Waals surface area contributed by atoms with Crippen LogP contribution in [0.15, 0.2) is 29.1 Å². The Hall–Kier alpha value is -2.82. The largest absolute Gasteiger partial charge is 0.494 e. The highest BCUT2D eigenvalue weighted by molar-refractivity contribution is 5.80. The predicted octanol–water partition coefficient (Wildman–Crippen LogP) is 3.13. The lowest BCUT2D eigenvalue weighted by Crippen LogP contribution is -2.52. The van der Waals surface area contributed by atoms with Crippen LogP contribution in [-0.2, 0) is 11.3 Å². The van der Waals surface area contributed by atoms with Crippen molar-refractivity contribution in [3.63, 3.8) is 0 Å². The van der Waals surface area contributed by atoms with E-state index in [0.29, 0.717) is 30.6 Å². The van der Waals surface area contributed by atoms with Gasteiger partial charge in [-0.1, -0.05) is 19.3 Å². The Morgan fingerprint density at radius 1 is 1.08 bits per heavy atom. The summed E-state index contributed by atoms with van der Waals surface area (Å²) < 4.78 is 13.5. The molecule has 0 radical (unpaired) electrons. The summed E-state index contributed by atoms with van der Waals surface area (Å²) in [5, 5.41) is 13.8. The summed E-state index contributed by atoms with van der Waals surface area (Å²) in [6, 6.07) is 8.14. The molecular formula is C28H39N7O3. The number of pyridine rings is 1. The maximum absolute atomic E-state index is 13.6. The lowest BCUT2D eigenvalue weighted by atomic mass is 9.93. The van der Waals surface area contributed by atoms with Crippen LogP contribution < -0.4 is 10.3 Å². The lowest BCUT2D eigenvalue weighted by Gasteiger charge is -2.43. The van der Waals surface area contributed by atoms with Crippen LogP contribution in [0.5, 0.6) is 5.75 Å². The number of fused-ring (bicyclic) bond motifs is 1. The topological polar surface area (TPSA) is 101 Å². The Morgan fingerprint density at radius 3 is 2.68 bits per heavy atom. The molecule has 3 fully saturated rings. The van der Waals surface area contributed by atoms with E-state index in [-0.39, 0.29) is 17.7 Å². The van der Waals surface area contributed by atoms with E-state index in [1.165, 1.54) is 32.1 Å². The van der Waals surface area contributed by atoms with E-state index in [2.05, 4.69) is 30.3 Å². The molecule has 1 aliphatic carbocycles. The molecule has 2 aliphatic heterocycles. The van der Waals surface area contributed by atoms with Crippen LogP contribution >= 0.6 is 0 Å². The van der Waals surface area contributed by atoms with Crippen LogP contribution in [0.3, 0.4) is 0 Å². The first-order valence-corrected chi connectivity index (χ1v) is 14.3. The average molecular weight is 522 g/mol. The molecule has 38 heavy (non-hydrogen) atoms. The number of ether oxygens (including phenoxy) is 2. The predicted molar refractivity (Wildman–Crippen MR) is 144 cm³/mol. The molecule has 2 unspecified atom stereocenters. The van der Waals surface area contributed by atoms with E-state index >= 15 is 0 Å². The third kappa shape index (κ3) is 5.34. The molecule has 0 spiro atoms. The average Bonchev–Trinajstić information content (AvgIpc) is 3.63. The van der Waals surface area contributed by atoms with E-state index in [0.717, 1.165) is 62.3 Å². The molecule has 2 atom stereocenters. The van der Waals surface area contributed by atoms with Gasteiger partial charge in [-0.3, -0.25) is 14.6 Å². The Morgan fingerprint density at radius 2 is 1.92 bits per heavy atom. The summed E-state index contributed by atoms with van der Waals surface area (Å²) in [4.78, 5) is 21.7. The summed E-state index contributed by atoms with van der Waals surface area (Å²) in [5.41, 5.74) is 1.36. The molecule has 0 amide bonds. The fourth-order valence-corrected chi connectivity index (χ4v) is 6.49. The van der Waals surface area contributed by atoms with Gasteiger partial charge in [-0.25, -0.2) is 4.68 Å². The zero-order valence-corrected chi connectivity index (χ0v) is 22.3. The van der Waals surface area contributed by atoms with Gasteiger partial charge < -0.3 is 14.5 Å². The quantitative estimate of drug-likeness (QED) is 0.483. The van der Waals surface area contributed by atoms with Gasteiger partial charge >= 0.3 is 0 Å². The minimum absolute atomic E-state index is 0.102. The molecule has 10 heteroatoms. The molecule has 6 rings (SSSR count). The second-order valence-electron chi connectivity index (χ2n) is 10.9. The van der Waals surface area contributed by atoms with Crippen molar-refractivity contribution in [1.29, 1.82) is 0 Å². The van der Waals surface area contributed by atoms with Gasteiger partial charge in [-0.05, 0) is 67.3 Å². The number of tetrazole rings is 1. The number of hydrogen-bond acceptors (Lipinski definition) is 8. The fourth-order valence-electron chi connectivity index (χ4n) is 6.49. The van der Waals surface area contributed by atoms with E-state index < -0.39 is 0 Å². The molecule has 3 aliphatic rings. The van der Waals surface area contributed by atoms with Crippen molar-refractivity contribution in [2.45, 2.75) is 76.6 Å². The van der Waals surface area contributed by atoms with Gasteiger partial charge in [0.2, 0.25) is 0 Å². The minimum Gasteiger partial charge on any atom is -0.494 e. The molecule has 3 aromatic rings. The standard InChI is InChI=1S/C28H39N7O3/c1-2-37-22-10-11-25-20(17-22)18-24(28(36)29-25)26(27-30-31-32-35(27)19-23-9-6-16-38-23)34-14-12-33(13-15-34)21-7-4-3-5-8-21/h10-11,17-18,21,23,26H,2-9,12-16,19H2,1H3,(H,29,36). The maximum Gasteiger partial charge on any atom is 0.253 e. The van der Waals surface area contributed by atoms with E-state index in [1.807, 2.05) is 35.9 Å². The van der Waals surface area contributed by atoms with Crippen molar-refractivity contribution in [3.8, 4) is 5.75 Å². The van der Waals surface area contributed by atoms with Gasteiger partial charge in [0, 0.05) is 55.3 Å². The molecule has 1 aromatic carbocycles. The van der Waals surface area contributed by atoms with Crippen LogP contribution in [0.2, 0.25) is 0 Å². The zero-order valence-electron chi connectivity index (χ0n) is 22.3. The Labute approximate surface area is 223 Å². The number of nitrogens with zero attached hydrogens (tertiary/aromatic N) is 6. The monoisotopic (exact) mass is 521 g/mol. The summed E-state index contributed by atoms with van der Waals surface area (Å²) in [6.07, 6.45) is 8.79. The lowest BCUT2D eigenvalue weighted by molar-refractivity contribution is 0.0593. The summed E-state index contributed by atoms with van der Waals surface area (Å²) >= 11 is 0. The Kier molecular flexibility index (Phi) is 7.71. The number of hydrogen-bond donors (Lipinski definition) is 1. The number of benzene rings is 1. The summed E-state index contributed by atoms with van der Waals surface area (Å²) in [6.45, 7) is 7.66. The number of nitrogens with one attached hydrogen (secondary N) is 1. The molecule has 1 saturated carbocycles. The van der Waals surface area contributed by atoms with Crippen LogP contribution in [0.4, 0.5) is 0 Å². The third-order valence-corrected chi connectivity index (χ3v) is 8.46. The normalized spacial score (nSPS) is 22.7. The van der Waals surface area contributed by atoms with Gasteiger partial charge in [-0.2, -0.15) is 0 Å². The van der Waals surface area contributed by atoms with Crippen molar-refractivity contribution in [1.82, 2.24) is 35.0 Å². The first kappa shape index (κ1) is 25.5. The van der Waals surface area contributed by atoms with Crippen LogP contribution in [0.1, 0.15) is 69.3 Å². The first-order chi connectivity index (χ1) is 18.7. The summed E-state index contributed by atoms with van der Waals surface area (Å²) in [7, 11) is 0. The number of H-pyrrole nitrogens is 1. The van der Waals surface area contributed by atoms with Crippen molar-refractivity contribution in [2.24, 2.45) is 0 Å². The minimum atomic E-state index is -0.344. The molecule has 10 nitrogen and oxygen atoms in total. The third-order valence-electron chi connectivity index (χ3n) is 8.46. The Balaban J connectivity index is 1.34. The van der Waals surface area contributed by atoms with Crippen LogP contribution in [0.25, 0.3) is 10.9 Å². The van der Waals surface area contributed by atoms with Crippen molar-refractivity contribution in [3.05, 3.63) is 46.0 Å². The van der Waals surface area contributed by atoms with E-state index in [1.54, 1.807) is 0 Å². The highest BCUT2D eigenvalue weighted by Gasteiger charge is 2.35. The van der Waals surface area contributed by atoms with Crippen molar-refractivity contribution < 1.29 is 9.47 Å². The van der Waals surface area contributed by atoms with Gasteiger partial charge in [0.25, 0.3) is 5.56 Å². The smallest absolute Gasteiger partial charge is 0.253 e. The number of rotatable bonds is 8. The second kappa shape index (κ2) is 11.5. The van der Waals surface area contributed by atoms with Crippen molar-refractivity contribution in [2.75, 3.05) is 39.4 Å².